The van der Waals surface area contributed by atoms with Crippen molar-refractivity contribution in [2.75, 3.05) is 6.26 Å². The number of hydrogen-bond donors (Lipinski definition) is 0. The molecule has 1 aliphatic rings. The van der Waals surface area contributed by atoms with Crippen molar-refractivity contribution in [2.45, 2.75) is 30.1 Å². The number of hydrogen-bond acceptors (Lipinski definition) is 4. The van der Waals surface area contributed by atoms with Gasteiger partial charge in [0.2, 0.25) is 0 Å². The summed E-state index contributed by atoms with van der Waals surface area (Å²) in [7, 11) is -3.27. The number of carbonyl (C=O) groups excluding carboxylic acids is 1. The summed E-state index contributed by atoms with van der Waals surface area (Å²) in [6.07, 6.45) is 3.86. The highest BCUT2D eigenvalue weighted by atomic mass is 79.9. The van der Waals surface area contributed by atoms with Gasteiger partial charge in [0.15, 0.2) is 9.84 Å². The average molecular weight is 444 g/mol. The van der Waals surface area contributed by atoms with Gasteiger partial charge in [0.05, 0.1) is 15.8 Å². The molecule has 0 saturated heterocycles. The largest absolute Gasteiger partial charge is 0.302 e. The van der Waals surface area contributed by atoms with Crippen LogP contribution in [0, 0.1) is 6.92 Å². The Morgan fingerprint density at radius 1 is 1.11 bits per heavy atom. The van der Waals surface area contributed by atoms with Crippen molar-refractivity contribution in [2.24, 2.45) is 0 Å². The fraction of sp³-hybridized carbons (Fsp3) is 0.238. The van der Waals surface area contributed by atoms with E-state index in [1.165, 1.54) is 6.26 Å². The lowest BCUT2D eigenvalue weighted by atomic mass is 9.85. The molecule has 0 unspecified atom stereocenters. The highest BCUT2D eigenvalue weighted by Gasteiger charge is 2.47. The molecule has 0 bridgehead atoms. The minimum Gasteiger partial charge on any atom is -0.302 e. The first-order valence-electron chi connectivity index (χ1n) is 8.62. The Labute approximate surface area is 166 Å². The van der Waals surface area contributed by atoms with E-state index < -0.39 is 15.3 Å². The number of aromatic nitrogens is 1. The van der Waals surface area contributed by atoms with Gasteiger partial charge < -0.3 is 4.79 Å². The van der Waals surface area contributed by atoms with Crippen LogP contribution in [0.3, 0.4) is 0 Å². The van der Waals surface area contributed by atoms with Crippen molar-refractivity contribution in [3.8, 4) is 11.1 Å². The van der Waals surface area contributed by atoms with Crippen molar-refractivity contribution >= 4 is 43.0 Å². The van der Waals surface area contributed by atoms with Crippen molar-refractivity contribution in [3.63, 3.8) is 0 Å². The van der Waals surface area contributed by atoms with Crippen molar-refractivity contribution in [1.29, 1.82) is 0 Å². The smallest absolute Gasteiger partial charge is 0.175 e. The first kappa shape index (κ1) is 18.3. The second-order valence-corrected chi connectivity index (χ2v) is 10.1. The van der Waals surface area contributed by atoms with Crippen LogP contribution < -0.4 is 0 Å². The number of fused-ring (bicyclic) bond motifs is 1. The molecular weight excluding hydrogens is 426 g/mol. The molecule has 0 N–H and O–H groups in total. The number of pyridine rings is 1. The summed E-state index contributed by atoms with van der Waals surface area (Å²) in [6.45, 7) is 1.94. The Hall–Kier alpha value is -2.05. The van der Waals surface area contributed by atoms with E-state index in [0.717, 1.165) is 56.9 Å². The van der Waals surface area contributed by atoms with E-state index in [-0.39, 0.29) is 4.90 Å². The van der Waals surface area contributed by atoms with Crippen molar-refractivity contribution in [1.82, 2.24) is 4.98 Å². The lowest BCUT2D eigenvalue weighted by molar-refractivity contribution is -0.109. The average Bonchev–Trinajstić information content (AvgIpc) is 3.41. The van der Waals surface area contributed by atoms with E-state index in [2.05, 4.69) is 15.9 Å². The van der Waals surface area contributed by atoms with Gasteiger partial charge in [0.25, 0.3) is 0 Å². The van der Waals surface area contributed by atoms with Crippen LogP contribution in [0.25, 0.3) is 22.0 Å². The summed E-state index contributed by atoms with van der Waals surface area (Å²) < 4.78 is 24.6. The molecule has 1 heterocycles. The molecule has 3 aromatic rings. The van der Waals surface area contributed by atoms with Gasteiger partial charge >= 0.3 is 0 Å². The molecule has 2 aromatic carbocycles. The summed E-state index contributed by atoms with van der Waals surface area (Å²) in [5.74, 6) is 0. The molecule has 4 nitrogen and oxygen atoms in total. The molecule has 6 heteroatoms. The quantitative estimate of drug-likeness (QED) is 0.552. The number of halogens is 1. The van der Waals surface area contributed by atoms with E-state index in [0.29, 0.717) is 0 Å². The van der Waals surface area contributed by atoms with Crippen LogP contribution in [0.15, 0.2) is 51.8 Å². The number of nitrogens with zero attached hydrogens (tertiary/aromatic N) is 1. The predicted octanol–water partition coefficient (Wildman–Crippen LogP) is 4.61. The van der Waals surface area contributed by atoms with Gasteiger partial charge in [-0.2, -0.15) is 0 Å². The van der Waals surface area contributed by atoms with Crippen LogP contribution in [0.1, 0.15) is 24.1 Å². The summed E-state index contributed by atoms with van der Waals surface area (Å²) in [6, 6.07) is 12.8. The number of aldehydes is 1. The van der Waals surface area contributed by atoms with E-state index >= 15 is 0 Å². The molecule has 0 radical (unpaired) electrons. The standard InChI is InChI=1S/C21H18BrNO3S/c1-13-20(21(12-24)9-10-21)19(17-11-15(22)5-8-18(17)23-13)14-3-6-16(7-4-14)27(2,25)26/h3-8,11-12H,9-10H2,1-2H3. The van der Waals surface area contributed by atoms with Crippen LogP contribution in [-0.2, 0) is 20.0 Å². The Morgan fingerprint density at radius 3 is 2.33 bits per heavy atom. The van der Waals surface area contributed by atoms with Crippen LogP contribution >= 0.6 is 15.9 Å². The minimum atomic E-state index is -3.27. The minimum absolute atomic E-state index is 0.278. The summed E-state index contributed by atoms with van der Waals surface area (Å²) in [4.78, 5) is 16.9. The topological polar surface area (TPSA) is 64.1 Å². The van der Waals surface area contributed by atoms with E-state index in [9.17, 15) is 13.2 Å². The number of benzene rings is 2. The fourth-order valence-corrected chi connectivity index (χ4v) is 4.69. The molecule has 138 valence electrons. The number of sulfone groups is 1. The monoisotopic (exact) mass is 443 g/mol. The summed E-state index contributed by atoms with van der Waals surface area (Å²) >= 11 is 3.53. The normalized spacial score (nSPS) is 15.7. The van der Waals surface area contributed by atoms with Crippen LogP contribution in [-0.4, -0.2) is 25.9 Å². The molecule has 0 aliphatic heterocycles. The van der Waals surface area contributed by atoms with E-state index in [1.54, 1.807) is 12.1 Å². The molecule has 0 atom stereocenters. The second kappa shape index (κ2) is 6.24. The fourth-order valence-electron chi connectivity index (χ4n) is 3.70. The zero-order valence-electron chi connectivity index (χ0n) is 15.0. The lowest BCUT2D eigenvalue weighted by Crippen LogP contribution is -2.13. The molecule has 0 spiro atoms. The van der Waals surface area contributed by atoms with Gasteiger partial charge in [-0.3, -0.25) is 4.98 Å². The highest BCUT2D eigenvalue weighted by Crippen LogP contribution is 2.52. The van der Waals surface area contributed by atoms with E-state index in [1.807, 2.05) is 37.3 Å². The second-order valence-electron chi connectivity index (χ2n) is 7.18. The first-order chi connectivity index (χ1) is 12.7. The zero-order valence-corrected chi connectivity index (χ0v) is 17.4. The van der Waals surface area contributed by atoms with Gasteiger partial charge in [-0.1, -0.05) is 28.1 Å². The number of rotatable bonds is 4. The highest BCUT2D eigenvalue weighted by molar-refractivity contribution is 9.10. The molecule has 0 amide bonds. The number of aryl methyl sites for hydroxylation is 1. The SMILES string of the molecule is Cc1nc2ccc(Br)cc2c(-c2ccc(S(C)(=O)=O)cc2)c1C1(C=O)CC1. The van der Waals surface area contributed by atoms with Crippen molar-refractivity contribution in [3.05, 3.63) is 58.2 Å². The molecule has 27 heavy (non-hydrogen) atoms. The maximum atomic E-state index is 11.9. The third-order valence-corrected chi connectivity index (χ3v) is 6.83. The Bertz CT molecular complexity index is 1180. The maximum Gasteiger partial charge on any atom is 0.175 e. The van der Waals surface area contributed by atoms with Gasteiger partial charge in [-0.05, 0) is 66.8 Å². The molecule has 4 rings (SSSR count). The van der Waals surface area contributed by atoms with Gasteiger partial charge in [-0.15, -0.1) is 0 Å². The predicted molar refractivity (Wildman–Crippen MR) is 110 cm³/mol. The third kappa shape index (κ3) is 3.11. The van der Waals surface area contributed by atoms with Gasteiger partial charge in [0.1, 0.15) is 6.29 Å². The zero-order chi connectivity index (χ0) is 19.4. The van der Waals surface area contributed by atoms with Crippen molar-refractivity contribution < 1.29 is 13.2 Å². The van der Waals surface area contributed by atoms with Crippen LogP contribution in [0.5, 0.6) is 0 Å². The molecule has 1 saturated carbocycles. The Morgan fingerprint density at radius 2 is 1.78 bits per heavy atom. The van der Waals surface area contributed by atoms with Gasteiger partial charge in [0, 0.05) is 21.8 Å². The molecular formula is C21H18BrNO3S. The maximum absolute atomic E-state index is 11.9. The van der Waals surface area contributed by atoms with E-state index in [4.69, 9.17) is 4.98 Å². The molecule has 1 aromatic heterocycles. The molecule has 1 aliphatic carbocycles. The third-order valence-electron chi connectivity index (χ3n) is 5.21. The first-order valence-corrected chi connectivity index (χ1v) is 11.3. The Balaban J connectivity index is 2.07. The summed E-state index contributed by atoms with van der Waals surface area (Å²) in [5, 5.41) is 0.949. The lowest BCUT2D eigenvalue weighted by Gasteiger charge is -2.20. The summed E-state index contributed by atoms with van der Waals surface area (Å²) in [5.41, 5.74) is 4.01. The molecule has 1 fully saturated rings. The van der Waals surface area contributed by atoms with Crippen LogP contribution in [0.4, 0.5) is 0 Å². The Kier molecular flexibility index (Phi) is 4.24. The van der Waals surface area contributed by atoms with Crippen LogP contribution in [0.2, 0.25) is 0 Å². The van der Waals surface area contributed by atoms with Gasteiger partial charge in [-0.25, -0.2) is 8.42 Å². The number of carbonyl (C=O) groups is 1.